The number of halogens is 1. The van der Waals surface area contributed by atoms with Gasteiger partial charge in [0.05, 0.1) is 0 Å². The van der Waals surface area contributed by atoms with Gasteiger partial charge in [0.25, 0.3) is 11.8 Å². The number of carbonyl (C=O) groups is 2. The van der Waals surface area contributed by atoms with Gasteiger partial charge in [0.2, 0.25) is 0 Å². The molecule has 1 aliphatic rings. The molecular weight excluding hydrogens is 336 g/mol. The minimum atomic E-state index is -0.237. The summed E-state index contributed by atoms with van der Waals surface area (Å²) in [6.45, 7) is 3.47. The van der Waals surface area contributed by atoms with E-state index in [1.165, 1.54) is 6.42 Å². The van der Waals surface area contributed by atoms with Crippen LogP contribution in [0.2, 0.25) is 5.02 Å². The maximum Gasteiger partial charge on any atom is 0.255 e. The van der Waals surface area contributed by atoms with Gasteiger partial charge in [-0.3, -0.25) is 9.59 Å². The number of piperidine rings is 1. The van der Waals surface area contributed by atoms with E-state index in [2.05, 4.69) is 5.32 Å². The third kappa shape index (κ3) is 4.20. The third-order valence-electron chi connectivity index (χ3n) is 4.45. The largest absolute Gasteiger partial charge is 0.339 e. The quantitative estimate of drug-likeness (QED) is 0.878. The van der Waals surface area contributed by atoms with Crippen molar-refractivity contribution in [1.82, 2.24) is 4.90 Å². The highest BCUT2D eigenvalue weighted by atomic mass is 35.5. The third-order valence-corrected chi connectivity index (χ3v) is 4.69. The molecule has 0 unspecified atom stereocenters. The lowest BCUT2D eigenvalue weighted by Gasteiger charge is -2.26. The Balaban J connectivity index is 1.76. The molecule has 1 fully saturated rings. The summed E-state index contributed by atoms with van der Waals surface area (Å²) >= 11 is 5.95. The van der Waals surface area contributed by atoms with Gasteiger partial charge in [-0.25, -0.2) is 0 Å². The number of benzene rings is 2. The van der Waals surface area contributed by atoms with Crippen LogP contribution in [0.25, 0.3) is 0 Å². The van der Waals surface area contributed by atoms with Gasteiger partial charge in [-0.05, 0) is 68.1 Å². The summed E-state index contributed by atoms with van der Waals surface area (Å²) in [7, 11) is 0. The van der Waals surface area contributed by atoms with Crippen molar-refractivity contribution < 1.29 is 9.59 Å². The molecule has 0 bridgehead atoms. The molecule has 2 aromatic carbocycles. The van der Waals surface area contributed by atoms with Crippen LogP contribution >= 0.6 is 11.6 Å². The maximum absolute atomic E-state index is 12.6. The average molecular weight is 357 g/mol. The van der Waals surface area contributed by atoms with Crippen LogP contribution < -0.4 is 5.32 Å². The first-order valence-electron chi connectivity index (χ1n) is 8.51. The summed E-state index contributed by atoms with van der Waals surface area (Å²) in [5, 5.41) is 3.51. The molecule has 25 heavy (non-hydrogen) atoms. The van der Waals surface area contributed by atoms with Gasteiger partial charge in [-0.2, -0.15) is 0 Å². The van der Waals surface area contributed by atoms with Crippen molar-refractivity contribution in [2.24, 2.45) is 0 Å². The highest BCUT2D eigenvalue weighted by molar-refractivity contribution is 6.30. The fourth-order valence-electron chi connectivity index (χ4n) is 3.03. The zero-order chi connectivity index (χ0) is 17.8. The van der Waals surface area contributed by atoms with E-state index in [1.54, 1.807) is 42.5 Å². The molecule has 1 aliphatic heterocycles. The number of aryl methyl sites for hydroxylation is 1. The van der Waals surface area contributed by atoms with Crippen LogP contribution in [0.4, 0.5) is 5.69 Å². The molecule has 0 aromatic heterocycles. The number of rotatable bonds is 3. The summed E-state index contributed by atoms with van der Waals surface area (Å²) in [5.41, 5.74) is 2.63. The Labute approximate surface area is 152 Å². The molecule has 130 valence electrons. The zero-order valence-electron chi connectivity index (χ0n) is 14.2. The van der Waals surface area contributed by atoms with Gasteiger partial charge in [0.15, 0.2) is 0 Å². The molecule has 1 heterocycles. The van der Waals surface area contributed by atoms with E-state index >= 15 is 0 Å². The van der Waals surface area contributed by atoms with Crippen LogP contribution in [0.3, 0.4) is 0 Å². The number of hydrogen-bond acceptors (Lipinski definition) is 2. The van der Waals surface area contributed by atoms with E-state index in [9.17, 15) is 9.59 Å². The Morgan fingerprint density at radius 2 is 1.72 bits per heavy atom. The van der Waals surface area contributed by atoms with Crippen molar-refractivity contribution in [3.63, 3.8) is 0 Å². The molecule has 5 heteroatoms. The van der Waals surface area contributed by atoms with Gasteiger partial charge in [-0.15, -0.1) is 0 Å². The molecule has 3 rings (SSSR count). The number of nitrogens with zero attached hydrogens (tertiary/aromatic N) is 1. The molecular formula is C20H21ClN2O2. The van der Waals surface area contributed by atoms with E-state index in [-0.39, 0.29) is 11.8 Å². The SMILES string of the molecule is Cc1cc(Cl)ccc1NC(=O)c1cccc(C(=O)N2CCCCC2)c1. The van der Waals surface area contributed by atoms with Crippen LogP contribution in [-0.2, 0) is 0 Å². The number of amides is 2. The number of hydrogen-bond donors (Lipinski definition) is 1. The van der Waals surface area contributed by atoms with Crippen molar-refractivity contribution in [3.8, 4) is 0 Å². The number of carbonyl (C=O) groups excluding carboxylic acids is 2. The highest BCUT2D eigenvalue weighted by Gasteiger charge is 2.19. The van der Waals surface area contributed by atoms with Crippen LogP contribution in [0.5, 0.6) is 0 Å². The molecule has 0 atom stereocenters. The summed E-state index contributed by atoms with van der Waals surface area (Å²) < 4.78 is 0. The first kappa shape index (κ1) is 17.5. The molecule has 0 radical (unpaired) electrons. The van der Waals surface area contributed by atoms with E-state index in [1.807, 2.05) is 11.8 Å². The Bertz CT molecular complexity index is 798. The van der Waals surface area contributed by atoms with Crippen molar-refractivity contribution in [2.75, 3.05) is 18.4 Å². The van der Waals surface area contributed by atoms with Crippen molar-refractivity contribution >= 4 is 29.1 Å². The van der Waals surface area contributed by atoms with E-state index in [4.69, 9.17) is 11.6 Å². The topological polar surface area (TPSA) is 49.4 Å². The van der Waals surface area contributed by atoms with Crippen molar-refractivity contribution in [3.05, 3.63) is 64.2 Å². The van der Waals surface area contributed by atoms with Gasteiger partial charge in [0, 0.05) is 34.9 Å². The fourth-order valence-corrected chi connectivity index (χ4v) is 3.26. The Hall–Kier alpha value is -2.33. The van der Waals surface area contributed by atoms with Crippen LogP contribution in [-0.4, -0.2) is 29.8 Å². The normalized spacial score (nSPS) is 14.2. The standard InChI is InChI=1S/C20H21ClN2O2/c1-14-12-17(21)8-9-18(14)22-19(24)15-6-5-7-16(13-15)20(25)23-10-3-2-4-11-23/h5-9,12-13H,2-4,10-11H2,1H3,(H,22,24). The maximum atomic E-state index is 12.6. The van der Waals surface area contributed by atoms with Gasteiger partial charge in [0.1, 0.15) is 0 Å². The summed E-state index contributed by atoms with van der Waals surface area (Å²) in [5.74, 6) is -0.240. The van der Waals surface area contributed by atoms with Gasteiger partial charge in [-0.1, -0.05) is 17.7 Å². The molecule has 4 nitrogen and oxygen atoms in total. The lowest BCUT2D eigenvalue weighted by Crippen LogP contribution is -2.35. The average Bonchev–Trinajstić information content (AvgIpc) is 2.64. The Morgan fingerprint density at radius 1 is 1.00 bits per heavy atom. The number of anilines is 1. The molecule has 2 amide bonds. The van der Waals surface area contributed by atoms with Crippen molar-refractivity contribution in [1.29, 1.82) is 0 Å². The summed E-state index contributed by atoms with van der Waals surface area (Å²) in [6, 6.07) is 12.2. The molecule has 0 aliphatic carbocycles. The second-order valence-electron chi connectivity index (χ2n) is 6.35. The van der Waals surface area contributed by atoms with Crippen LogP contribution in [0.15, 0.2) is 42.5 Å². The van der Waals surface area contributed by atoms with Crippen LogP contribution in [0.1, 0.15) is 45.5 Å². The smallest absolute Gasteiger partial charge is 0.255 e. The molecule has 1 N–H and O–H groups in total. The second kappa shape index (κ2) is 7.70. The predicted octanol–water partition coefficient (Wildman–Crippen LogP) is 4.53. The second-order valence-corrected chi connectivity index (χ2v) is 6.78. The monoisotopic (exact) mass is 356 g/mol. The van der Waals surface area contributed by atoms with E-state index in [0.29, 0.717) is 21.8 Å². The molecule has 0 spiro atoms. The first-order valence-corrected chi connectivity index (χ1v) is 8.89. The Morgan fingerprint density at radius 3 is 2.44 bits per heavy atom. The number of nitrogens with one attached hydrogen (secondary N) is 1. The predicted molar refractivity (Wildman–Crippen MR) is 100 cm³/mol. The zero-order valence-corrected chi connectivity index (χ0v) is 15.0. The minimum absolute atomic E-state index is 0.00276. The summed E-state index contributed by atoms with van der Waals surface area (Å²) in [4.78, 5) is 27.0. The van der Waals surface area contributed by atoms with Crippen molar-refractivity contribution in [2.45, 2.75) is 26.2 Å². The van der Waals surface area contributed by atoms with E-state index in [0.717, 1.165) is 31.5 Å². The summed E-state index contributed by atoms with van der Waals surface area (Å²) in [6.07, 6.45) is 3.26. The molecule has 1 saturated heterocycles. The number of likely N-dealkylation sites (tertiary alicyclic amines) is 1. The molecule has 2 aromatic rings. The van der Waals surface area contributed by atoms with Gasteiger partial charge >= 0.3 is 0 Å². The Kier molecular flexibility index (Phi) is 5.39. The van der Waals surface area contributed by atoms with Gasteiger partial charge < -0.3 is 10.2 Å². The minimum Gasteiger partial charge on any atom is -0.339 e. The lowest BCUT2D eigenvalue weighted by atomic mass is 10.1. The van der Waals surface area contributed by atoms with Crippen LogP contribution in [0, 0.1) is 6.92 Å². The van der Waals surface area contributed by atoms with E-state index < -0.39 is 0 Å². The highest BCUT2D eigenvalue weighted by Crippen LogP contribution is 2.21. The molecule has 0 saturated carbocycles. The fraction of sp³-hybridized carbons (Fsp3) is 0.300. The first-order chi connectivity index (χ1) is 12.0. The lowest BCUT2D eigenvalue weighted by molar-refractivity contribution is 0.0724.